The van der Waals surface area contributed by atoms with Crippen molar-refractivity contribution in [1.29, 1.82) is 0 Å². The summed E-state index contributed by atoms with van der Waals surface area (Å²) >= 11 is 0. The summed E-state index contributed by atoms with van der Waals surface area (Å²) < 4.78 is 38.0. The molecule has 138 valence electrons. The number of hydrogen-bond donors (Lipinski definition) is 2. The van der Waals surface area contributed by atoms with Crippen LogP contribution in [0.5, 0.6) is 0 Å². The van der Waals surface area contributed by atoms with Crippen LogP contribution in [0.25, 0.3) is 0 Å². The van der Waals surface area contributed by atoms with E-state index in [2.05, 4.69) is 0 Å². The van der Waals surface area contributed by atoms with Gasteiger partial charge in [-0.3, -0.25) is 9.46 Å². The maximum atomic E-state index is 11.1. The van der Waals surface area contributed by atoms with Gasteiger partial charge in [-0.2, -0.15) is 0 Å². The molecular formula is C13H28NO8P. The monoisotopic (exact) mass is 357 g/mol. The fourth-order valence-electron chi connectivity index (χ4n) is 1.88. The quantitative estimate of drug-likeness (QED) is 0.634. The highest BCUT2D eigenvalue weighted by molar-refractivity contribution is 7.51. The lowest BCUT2D eigenvalue weighted by molar-refractivity contribution is -0.0178. The Morgan fingerprint density at radius 3 is 1.26 bits per heavy atom. The van der Waals surface area contributed by atoms with E-state index in [-0.39, 0.29) is 6.29 Å². The lowest BCUT2D eigenvalue weighted by Gasteiger charge is -2.22. The summed E-state index contributed by atoms with van der Waals surface area (Å²) in [6.45, 7) is 5.41. The van der Waals surface area contributed by atoms with Crippen LogP contribution in [0.4, 0.5) is 0 Å². The van der Waals surface area contributed by atoms with Gasteiger partial charge < -0.3 is 33.5 Å². The smallest absolute Gasteiger partial charge is 0.339 e. The van der Waals surface area contributed by atoms with Crippen molar-refractivity contribution in [2.75, 3.05) is 85.4 Å². The van der Waals surface area contributed by atoms with Crippen LogP contribution in [0.2, 0.25) is 0 Å². The molecule has 0 saturated carbocycles. The molecule has 10 heteroatoms. The molecule has 1 aliphatic rings. The zero-order valence-electron chi connectivity index (χ0n) is 13.4. The highest BCUT2D eigenvalue weighted by Crippen LogP contribution is 2.34. The van der Waals surface area contributed by atoms with Crippen LogP contribution in [0, 0.1) is 0 Å². The molecule has 1 rings (SSSR count). The Bertz CT molecular complexity index is 309. The second-order valence-corrected chi connectivity index (χ2v) is 6.60. The van der Waals surface area contributed by atoms with Crippen molar-refractivity contribution in [3.8, 4) is 0 Å². The van der Waals surface area contributed by atoms with Gasteiger partial charge in [0, 0.05) is 13.1 Å². The lowest BCUT2D eigenvalue weighted by Crippen LogP contribution is -2.32. The molecule has 0 bridgehead atoms. The van der Waals surface area contributed by atoms with Crippen LogP contribution in [-0.2, 0) is 28.2 Å². The molecule has 1 aliphatic heterocycles. The molecule has 0 unspecified atom stereocenters. The van der Waals surface area contributed by atoms with E-state index in [1.54, 1.807) is 4.90 Å². The molecule has 0 aromatic rings. The van der Waals surface area contributed by atoms with Crippen molar-refractivity contribution in [2.24, 2.45) is 0 Å². The Labute approximate surface area is 136 Å². The fourth-order valence-corrected chi connectivity index (χ4v) is 2.69. The predicted octanol–water partition coefficient (Wildman–Crippen LogP) is -0.480. The Kier molecular flexibility index (Phi) is 12.1. The van der Waals surface area contributed by atoms with Gasteiger partial charge in [0.1, 0.15) is 6.29 Å². The minimum Gasteiger partial charge on any atom is -0.378 e. The molecule has 0 aromatic heterocycles. The van der Waals surface area contributed by atoms with E-state index >= 15 is 0 Å². The summed E-state index contributed by atoms with van der Waals surface area (Å²) in [7, 11) is -4.10. The van der Waals surface area contributed by atoms with Gasteiger partial charge in [-0.15, -0.1) is 0 Å². The number of ether oxygens (including phenoxy) is 5. The van der Waals surface area contributed by atoms with Crippen molar-refractivity contribution < 1.29 is 38.0 Å². The second kappa shape index (κ2) is 13.2. The third-order valence-corrected chi connectivity index (χ3v) is 3.74. The SMILES string of the molecule is O=P(O)(O)CN1CCOCCOCCOCCOCCOCC1. The molecule has 0 amide bonds. The zero-order valence-corrected chi connectivity index (χ0v) is 14.3. The standard InChI is InChI=1S/C13H28NO8P/c15-23(16,17)13-14-1-3-18-5-7-20-9-11-22-12-10-21-8-6-19-4-2-14/h1-13H2,(H2,15,16,17). The molecule has 0 aliphatic carbocycles. The van der Waals surface area contributed by atoms with Gasteiger partial charge in [-0.1, -0.05) is 0 Å². The molecular weight excluding hydrogens is 329 g/mol. The van der Waals surface area contributed by atoms with Crippen LogP contribution in [0.15, 0.2) is 0 Å². The van der Waals surface area contributed by atoms with Crippen LogP contribution in [0.3, 0.4) is 0 Å². The summed E-state index contributed by atoms with van der Waals surface area (Å²) in [6.07, 6.45) is -0.302. The van der Waals surface area contributed by atoms with Crippen LogP contribution in [0.1, 0.15) is 0 Å². The van der Waals surface area contributed by atoms with Crippen molar-refractivity contribution >= 4 is 7.60 Å². The van der Waals surface area contributed by atoms with E-state index in [0.717, 1.165) is 0 Å². The molecule has 1 saturated heterocycles. The van der Waals surface area contributed by atoms with Gasteiger partial charge in [0.2, 0.25) is 0 Å². The lowest BCUT2D eigenvalue weighted by atomic mass is 10.5. The van der Waals surface area contributed by atoms with Crippen LogP contribution >= 0.6 is 7.60 Å². The molecule has 23 heavy (non-hydrogen) atoms. The molecule has 1 fully saturated rings. The predicted molar refractivity (Wildman–Crippen MR) is 82.6 cm³/mol. The third-order valence-electron chi connectivity index (χ3n) is 2.98. The molecule has 0 aromatic carbocycles. The first-order chi connectivity index (χ1) is 11.1. The van der Waals surface area contributed by atoms with Gasteiger partial charge in [0.15, 0.2) is 0 Å². The van der Waals surface area contributed by atoms with Crippen LogP contribution < -0.4 is 0 Å². The third kappa shape index (κ3) is 14.0. The Morgan fingerprint density at radius 2 is 0.957 bits per heavy atom. The normalized spacial score (nSPS) is 23.0. The fraction of sp³-hybridized carbons (Fsp3) is 1.00. The molecule has 0 atom stereocenters. The first kappa shape index (κ1) is 21.0. The molecule has 0 radical (unpaired) electrons. The largest absolute Gasteiger partial charge is 0.378 e. The highest BCUT2D eigenvalue weighted by atomic mass is 31.2. The van der Waals surface area contributed by atoms with Gasteiger partial charge in [0.05, 0.1) is 66.1 Å². The van der Waals surface area contributed by atoms with Gasteiger partial charge in [-0.25, -0.2) is 0 Å². The van der Waals surface area contributed by atoms with Crippen molar-refractivity contribution in [3.05, 3.63) is 0 Å². The van der Waals surface area contributed by atoms with E-state index in [0.29, 0.717) is 79.2 Å². The topological polar surface area (TPSA) is 107 Å². The summed E-state index contributed by atoms with van der Waals surface area (Å²) in [5, 5.41) is 0. The minimum atomic E-state index is -4.10. The number of rotatable bonds is 2. The Hall–Kier alpha value is -0.0900. The van der Waals surface area contributed by atoms with Crippen molar-refractivity contribution in [1.82, 2.24) is 4.90 Å². The van der Waals surface area contributed by atoms with E-state index in [1.165, 1.54) is 0 Å². The summed E-state index contributed by atoms with van der Waals surface area (Å²) in [5.74, 6) is 0. The summed E-state index contributed by atoms with van der Waals surface area (Å²) in [4.78, 5) is 19.8. The van der Waals surface area contributed by atoms with Crippen molar-refractivity contribution in [3.63, 3.8) is 0 Å². The Morgan fingerprint density at radius 1 is 0.652 bits per heavy atom. The van der Waals surface area contributed by atoms with E-state index in [1.807, 2.05) is 0 Å². The summed E-state index contributed by atoms with van der Waals surface area (Å²) in [6, 6.07) is 0. The van der Waals surface area contributed by atoms with Gasteiger partial charge >= 0.3 is 7.60 Å². The first-order valence-corrected chi connectivity index (χ1v) is 9.53. The van der Waals surface area contributed by atoms with Gasteiger partial charge in [-0.05, 0) is 0 Å². The maximum Gasteiger partial charge on any atom is 0.339 e. The Balaban J connectivity index is 2.31. The van der Waals surface area contributed by atoms with E-state index in [4.69, 9.17) is 33.5 Å². The second-order valence-electron chi connectivity index (χ2n) is 4.99. The average Bonchev–Trinajstić information content (AvgIpc) is 2.47. The van der Waals surface area contributed by atoms with E-state index < -0.39 is 7.60 Å². The molecule has 2 N–H and O–H groups in total. The van der Waals surface area contributed by atoms with Crippen LogP contribution in [-0.4, -0.2) is 100 Å². The average molecular weight is 357 g/mol. The maximum absolute atomic E-state index is 11.1. The highest BCUT2D eigenvalue weighted by Gasteiger charge is 2.18. The van der Waals surface area contributed by atoms with Crippen molar-refractivity contribution in [2.45, 2.75) is 0 Å². The van der Waals surface area contributed by atoms with E-state index in [9.17, 15) is 4.57 Å². The number of nitrogens with zero attached hydrogens (tertiary/aromatic N) is 1. The first-order valence-electron chi connectivity index (χ1n) is 7.73. The molecule has 0 spiro atoms. The molecule has 1 heterocycles. The number of hydrogen-bond acceptors (Lipinski definition) is 7. The van der Waals surface area contributed by atoms with Gasteiger partial charge in [0.25, 0.3) is 0 Å². The minimum absolute atomic E-state index is 0.302. The zero-order chi connectivity index (χ0) is 16.8. The summed E-state index contributed by atoms with van der Waals surface area (Å²) in [5.41, 5.74) is 0. The molecule has 9 nitrogen and oxygen atoms in total.